The van der Waals surface area contributed by atoms with Crippen LogP contribution in [-0.2, 0) is 4.79 Å². The second-order valence-corrected chi connectivity index (χ2v) is 5.50. The molecule has 5 heteroatoms. The van der Waals surface area contributed by atoms with Crippen LogP contribution in [0.25, 0.3) is 0 Å². The molecule has 0 aromatic heterocycles. The summed E-state index contributed by atoms with van der Waals surface area (Å²) < 4.78 is 26.1. The monoisotopic (exact) mass is 282 g/mol. The molecule has 3 nitrogen and oxygen atoms in total. The van der Waals surface area contributed by atoms with Gasteiger partial charge in [-0.3, -0.25) is 9.69 Å². The zero-order valence-electron chi connectivity index (χ0n) is 11.9. The van der Waals surface area contributed by atoms with Crippen molar-refractivity contribution >= 4 is 11.6 Å². The lowest BCUT2D eigenvalue weighted by Crippen LogP contribution is -2.43. The first-order valence-corrected chi connectivity index (χ1v) is 6.83. The van der Waals surface area contributed by atoms with E-state index in [1.807, 2.05) is 32.0 Å². The Balaban J connectivity index is 1.87. The van der Waals surface area contributed by atoms with Crippen molar-refractivity contribution in [3.8, 4) is 0 Å². The number of carbonyl (C=O) groups excluding carboxylic acids is 1. The predicted octanol–water partition coefficient (Wildman–Crippen LogP) is 2.97. The van der Waals surface area contributed by atoms with E-state index in [1.54, 1.807) is 4.90 Å². The van der Waals surface area contributed by atoms with Gasteiger partial charge in [0.1, 0.15) is 0 Å². The molecule has 1 heterocycles. The van der Waals surface area contributed by atoms with Crippen molar-refractivity contribution in [1.29, 1.82) is 0 Å². The van der Waals surface area contributed by atoms with Crippen molar-refractivity contribution in [2.45, 2.75) is 32.6 Å². The van der Waals surface area contributed by atoms with E-state index in [1.165, 1.54) is 0 Å². The second kappa shape index (κ2) is 5.87. The number of carbonyl (C=O) groups is 1. The number of nitrogens with one attached hydrogen (secondary N) is 1. The highest BCUT2D eigenvalue weighted by Crippen LogP contribution is 2.27. The van der Waals surface area contributed by atoms with E-state index in [2.05, 4.69) is 5.32 Å². The molecule has 1 amide bonds. The molecule has 1 aliphatic rings. The largest absolute Gasteiger partial charge is 0.325 e. The Hall–Kier alpha value is -1.49. The van der Waals surface area contributed by atoms with Gasteiger partial charge >= 0.3 is 0 Å². The smallest absolute Gasteiger partial charge is 0.250 e. The zero-order chi connectivity index (χ0) is 14.8. The summed E-state index contributed by atoms with van der Waals surface area (Å²) in [6.45, 7) is 4.64. The van der Waals surface area contributed by atoms with Crippen molar-refractivity contribution in [2.24, 2.45) is 0 Å². The van der Waals surface area contributed by atoms with E-state index < -0.39 is 5.92 Å². The van der Waals surface area contributed by atoms with Crippen molar-refractivity contribution in [3.05, 3.63) is 29.3 Å². The number of alkyl halides is 2. The molecular weight excluding hydrogens is 262 g/mol. The first-order chi connectivity index (χ1) is 9.35. The molecule has 1 aromatic rings. The minimum Gasteiger partial charge on any atom is -0.325 e. The van der Waals surface area contributed by atoms with Crippen LogP contribution in [0.2, 0.25) is 0 Å². The fourth-order valence-corrected chi connectivity index (χ4v) is 2.38. The zero-order valence-corrected chi connectivity index (χ0v) is 11.9. The summed E-state index contributed by atoms with van der Waals surface area (Å²) in [5.74, 6) is -2.72. The molecule has 2 rings (SSSR count). The normalized spacial score (nSPS) is 18.8. The van der Waals surface area contributed by atoms with Gasteiger partial charge in [0.05, 0.1) is 6.54 Å². The summed E-state index contributed by atoms with van der Waals surface area (Å²) in [7, 11) is 0. The topological polar surface area (TPSA) is 32.3 Å². The third kappa shape index (κ3) is 4.00. The van der Waals surface area contributed by atoms with E-state index in [-0.39, 0.29) is 38.4 Å². The maximum atomic E-state index is 13.0. The van der Waals surface area contributed by atoms with Crippen molar-refractivity contribution in [2.75, 3.05) is 25.0 Å². The Morgan fingerprint density at radius 3 is 2.55 bits per heavy atom. The van der Waals surface area contributed by atoms with E-state index in [0.717, 1.165) is 16.8 Å². The Bertz CT molecular complexity index is 493. The molecule has 0 saturated carbocycles. The molecule has 0 spiro atoms. The van der Waals surface area contributed by atoms with Crippen molar-refractivity contribution < 1.29 is 13.6 Å². The molecule has 1 aromatic carbocycles. The first-order valence-electron chi connectivity index (χ1n) is 6.83. The SMILES string of the molecule is Cc1ccc(NC(=O)CN2CCC(F)(F)CC2)c(C)c1. The Labute approximate surface area is 118 Å². The first kappa shape index (κ1) is 14.9. The highest BCUT2D eigenvalue weighted by atomic mass is 19.3. The number of rotatable bonds is 3. The number of nitrogens with zero attached hydrogens (tertiary/aromatic N) is 1. The highest BCUT2D eigenvalue weighted by Gasteiger charge is 2.34. The second-order valence-electron chi connectivity index (χ2n) is 5.50. The lowest BCUT2D eigenvalue weighted by atomic mass is 10.1. The van der Waals surface area contributed by atoms with Crippen LogP contribution in [0.1, 0.15) is 24.0 Å². The number of piperidine rings is 1. The molecule has 0 unspecified atom stereocenters. The van der Waals surface area contributed by atoms with Gasteiger partial charge < -0.3 is 5.32 Å². The number of hydrogen-bond donors (Lipinski definition) is 1. The maximum absolute atomic E-state index is 13.0. The van der Waals surface area contributed by atoms with Gasteiger partial charge in [-0.1, -0.05) is 17.7 Å². The van der Waals surface area contributed by atoms with Gasteiger partial charge in [0.15, 0.2) is 0 Å². The van der Waals surface area contributed by atoms with E-state index in [9.17, 15) is 13.6 Å². The molecule has 1 N–H and O–H groups in total. The van der Waals surface area contributed by atoms with E-state index in [4.69, 9.17) is 0 Å². The average molecular weight is 282 g/mol. The number of hydrogen-bond acceptors (Lipinski definition) is 2. The summed E-state index contributed by atoms with van der Waals surface area (Å²) in [5, 5.41) is 2.84. The van der Waals surface area contributed by atoms with Crippen LogP contribution in [0.4, 0.5) is 14.5 Å². The fraction of sp³-hybridized carbons (Fsp3) is 0.533. The van der Waals surface area contributed by atoms with Gasteiger partial charge in [0.2, 0.25) is 5.91 Å². The highest BCUT2D eigenvalue weighted by molar-refractivity contribution is 5.93. The summed E-state index contributed by atoms with van der Waals surface area (Å²) >= 11 is 0. The minimum atomic E-state index is -2.57. The number of anilines is 1. The number of benzene rings is 1. The predicted molar refractivity (Wildman–Crippen MR) is 75.2 cm³/mol. The van der Waals surface area contributed by atoms with Crippen LogP contribution in [0.15, 0.2) is 18.2 Å². The van der Waals surface area contributed by atoms with Crippen LogP contribution >= 0.6 is 0 Å². The Kier molecular flexibility index (Phi) is 4.38. The van der Waals surface area contributed by atoms with Crippen LogP contribution in [0, 0.1) is 13.8 Å². The van der Waals surface area contributed by atoms with Crippen LogP contribution < -0.4 is 5.32 Å². The number of likely N-dealkylation sites (tertiary alicyclic amines) is 1. The van der Waals surface area contributed by atoms with Gasteiger partial charge in [-0.25, -0.2) is 8.78 Å². The molecule has 110 valence electrons. The molecule has 20 heavy (non-hydrogen) atoms. The molecule has 0 bridgehead atoms. The van der Waals surface area contributed by atoms with E-state index in [0.29, 0.717) is 0 Å². The minimum absolute atomic E-state index is 0.151. The van der Waals surface area contributed by atoms with Gasteiger partial charge in [-0.2, -0.15) is 0 Å². The molecule has 1 fully saturated rings. The fourth-order valence-electron chi connectivity index (χ4n) is 2.38. The van der Waals surface area contributed by atoms with E-state index >= 15 is 0 Å². The summed E-state index contributed by atoms with van der Waals surface area (Å²) in [5.41, 5.74) is 2.92. The molecule has 0 atom stereocenters. The maximum Gasteiger partial charge on any atom is 0.250 e. The summed E-state index contributed by atoms with van der Waals surface area (Å²) in [6.07, 6.45) is -0.326. The lowest BCUT2D eigenvalue weighted by molar-refractivity contribution is -0.119. The third-order valence-electron chi connectivity index (χ3n) is 3.61. The Morgan fingerprint density at radius 2 is 1.95 bits per heavy atom. The average Bonchev–Trinajstić information content (AvgIpc) is 2.35. The molecule has 1 saturated heterocycles. The molecule has 1 aliphatic heterocycles. The van der Waals surface area contributed by atoms with Crippen LogP contribution in [0.3, 0.4) is 0 Å². The van der Waals surface area contributed by atoms with Gasteiger partial charge in [0.25, 0.3) is 5.92 Å². The Morgan fingerprint density at radius 1 is 1.30 bits per heavy atom. The van der Waals surface area contributed by atoms with Crippen LogP contribution in [-0.4, -0.2) is 36.4 Å². The lowest BCUT2D eigenvalue weighted by Gasteiger charge is -2.31. The summed E-state index contributed by atoms with van der Waals surface area (Å²) in [4.78, 5) is 13.7. The summed E-state index contributed by atoms with van der Waals surface area (Å²) in [6, 6.07) is 5.80. The number of halogens is 2. The molecule has 0 aliphatic carbocycles. The van der Waals surface area contributed by atoms with Gasteiger partial charge in [-0.15, -0.1) is 0 Å². The van der Waals surface area contributed by atoms with Crippen molar-refractivity contribution in [3.63, 3.8) is 0 Å². The number of amides is 1. The van der Waals surface area contributed by atoms with Gasteiger partial charge in [0, 0.05) is 31.6 Å². The quantitative estimate of drug-likeness (QED) is 0.924. The number of aryl methyl sites for hydroxylation is 2. The molecule has 0 radical (unpaired) electrons. The van der Waals surface area contributed by atoms with Crippen molar-refractivity contribution in [1.82, 2.24) is 4.90 Å². The van der Waals surface area contributed by atoms with Crippen LogP contribution in [0.5, 0.6) is 0 Å². The van der Waals surface area contributed by atoms with Gasteiger partial charge in [-0.05, 0) is 25.5 Å². The molecular formula is C15H20F2N2O. The standard InChI is InChI=1S/C15H20F2N2O/c1-11-3-4-13(12(2)9-11)18-14(20)10-19-7-5-15(16,17)6-8-19/h3-4,9H,5-8,10H2,1-2H3,(H,18,20). The third-order valence-corrected chi connectivity index (χ3v) is 3.61.